The number of hydrogen-bond acceptors (Lipinski definition) is 3. The van der Waals surface area contributed by atoms with Gasteiger partial charge in [-0.15, -0.1) is 0 Å². The third kappa shape index (κ3) is 3.42. The monoisotopic (exact) mass is 222 g/mol. The Morgan fingerprint density at radius 2 is 1.88 bits per heavy atom. The second-order valence-corrected chi connectivity index (χ2v) is 4.13. The normalized spacial score (nSPS) is 10.6. The number of ether oxygens (including phenoxy) is 1. The number of anilines is 1. The Kier molecular flexibility index (Phi) is 5.12. The molecule has 0 saturated carbocycles. The lowest BCUT2D eigenvalue weighted by Gasteiger charge is -2.29. The lowest BCUT2D eigenvalue weighted by atomic mass is 10.2. The Labute approximate surface area is 98.2 Å². The molecular formula is C13H22N2O. The minimum absolute atomic E-state index is 0.486. The topological polar surface area (TPSA) is 38.5 Å². The highest BCUT2D eigenvalue weighted by Crippen LogP contribution is 2.21. The van der Waals surface area contributed by atoms with Crippen molar-refractivity contribution in [2.45, 2.75) is 26.3 Å². The van der Waals surface area contributed by atoms with Gasteiger partial charge in [-0.25, -0.2) is 0 Å². The second-order valence-electron chi connectivity index (χ2n) is 4.13. The molecule has 0 amide bonds. The fourth-order valence-corrected chi connectivity index (χ4v) is 1.72. The van der Waals surface area contributed by atoms with Crippen molar-refractivity contribution in [1.82, 2.24) is 0 Å². The van der Waals surface area contributed by atoms with Gasteiger partial charge in [-0.3, -0.25) is 0 Å². The van der Waals surface area contributed by atoms with E-state index in [9.17, 15) is 0 Å². The third-order valence-corrected chi connectivity index (χ3v) is 2.63. The predicted molar refractivity (Wildman–Crippen MR) is 69.1 cm³/mol. The van der Waals surface area contributed by atoms with Crippen LogP contribution in [-0.2, 0) is 0 Å². The predicted octanol–water partition coefficient (Wildman–Crippen LogP) is 2.26. The van der Waals surface area contributed by atoms with E-state index >= 15 is 0 Å². The number of benzene rings is 1. The number of methoxy groups -OCH3 is 1. The lowest BCUT2D eigenvalue weighted by molar-refractivity contribution is 0.415. The van der Waals surface area contributed by atoms with E-state index in [-0.39, 0.29) is 0 Å². The SMILES string of the molecule is COc1ccc(N(CCCN)C(C)C)cc1. The van der Waals surface area contributed by atoms with Crippen molar-refractivity contribution in [3.63, 3.8) is 0 Å². The molecule has 0 spiro atoms. The molecule has 3 heteroatoms. The molecular weight excluding hydrogens is 200 g/mol. The number of hydrogen-bond donors (Lipinski definition) is 1. The first-order valence-electron chi connectivity index (χ1n) is 5.79. The van der Waals surface area contributed by atoms with E-state index < -0.39 is 0 Å². The van der Waals surface area contributed by atoms with Gasteiger partial charge >= 0.3 is 0 Å². The molecule has 0 bridgehead atoms. The summed E-state index contributed by atoms with van der Waals surface area (Å²) in [5, 5.41) is 0. The number of rotatable bonds is 6. The van der Waals surface area contributed by atoms with Gasteiger partial charge in [-0.05, 0) is 51.1 Å². The van der Waals surface area contributed by atoms with Crippen molar-refractivity contribution in [1.29, 1.82) is 0 Å². The maximum atomic E-state index is 5.55. The molecule has 90 valence electrons. The van der Waals surface area contributed by atoms with Crippen LogP contribution in [0.4, 0.5) is 5.69 Å². The molecule has 0 radical (unpaired) electrons. The van der Waals surface area contributed by atoms with Crippen molar-refractivity contribution in [2.24, 2.45) is 5.73 Å². The maximum Gasteiger partial charge on any atom is 0.119 e. The van der Waals surface area contributed by atoms with Crippen LogP contribution in [0.25, 0.3) is 0 Å². The molecule has 1 rings (SSSR count). The van der Waals surface area contributed by atoms with Gasteiger partial charge in [-0.1, -0.05) is 0 Å². The van der Waals surface area contributed by atoms with Gasteiger partial charge in [0.15, 0.2) is 0 Å². The molecule has 0 aliphatic rings. The highest BCUT2D eigenvalue weighted by atomic mass is 16.5. The molecule has 0 unspecified atom stereocenters. The van der Waals surface area contributed by atoms with Gasteiger partial charge in [0.1, 0.15) is 5.75 Å². The zero-order valence-corrected chi connectivity index (χ0v) is 10.4. The molecule has 16 heavy (non-hydrogen) atoms. The first-order chi connectivity index (χ1) is 7.69. The first-order valence-corrected chi connectivity index (χ1v) is 5.79. The largest absolute Gasteiger partial charge is 0.497 e. The van der Waals surface area contributed by atoms with E-state index in [4.69, 9.17) is 10.5 Å². The van der Waals surface area contributed by atoms with Crippen molar-refractivity contribution in [3.8, 4) is 5.75 Å². The standard InChI is InChI=1S/C13H22N2O/c1-11(2)15(10-4-9-14)12-5-7-13(16-3)8-6-12/h5-8,11H,4,9-10,14H2,1-3H3. The molecule has 0 fully saturated rings. The van der Waals surface area contributed by atoms with Crippen LogP contribution in [0.5, 0.6) is 5.75 Å². The summed E-state index contributed by atoms with van der Waals surface area (Å²) in [5.41, 5.74) is 6.78. The van der Waals surface area contributed by atoms with Gasteiger partial charge in [0, 0.05) is 18.3 Å². The van der Waals surface area contributed by atoms with Crippen molar-refractivity contribution in [2.75, 3.05) is 25.1 Å². The molecule has 2 N–H and O–H groups in total. The summed E-state index contributed by atoms with van der Waals surface area (Å²) in [6.45, 7) is 6.13. The van der Waals surface area contributed by atoms with Crippen LogP contribution in [-0.4, -0.2) is 26.2 Å². The summed E-state index contributed by atoms with van der Waals surface area (Å²) in [6.07, 6.45) is 1.02. The van der Waals surface area contributed by atoms with Gasteiger partial charge in [-0.2, -0.15) is 0 Å². The van der Waals surface area contributed by atoms with Crippen molar-refractivity contribution >= 4 is 5.69 Å². The number of nitrogens with zero attached hydrogens (tertiary/aromatic N) is 1. The van der Waals surface area contributed by atoms with E-state index in [1.54, 1.807) is 7.11 Å². The summed E-state index contributed by atoms with van der Waals surface area (Å²) in [5.74, 6) is 0.895. The van der Waals surface area contributed by atoms with E-state index in [0.717, 1.165) is 25.3 Å². The van der Waals surface area contributed by atoms with E-state index in [1.165, 1.54) is 5.69 Å². The van der Waals surface area contributed by atoms with Crippen molar-refractivity contribution < 1.29 is 4.74 Å². The van der Waals surface area contributed by atoms with Crippen LogP contribution in [0.3, 0.4) is 0 Å². The molecule has 0 aromatic heterocycles. The Balaban J connectivity index is 2.75. The molecule has 3 nitrogen and oxygen atoms in total. The zero-order valence-electron chi connectivity index (χ0n) is 10.4. The van der Waals surface area contributed by atoms with E-state index in [2.05, 4.69) is 30.9 Å². The van der Waals surface area contributed by atoms with Crippen LogP contribution in [0.15, 0.2) is 24.3 Å². The molecule has 0 aliphatic carbocycles. The minimum Gasteiger partial charge on any atom is -0.497 e. The molecule has 0 saturated heterocycles. The lowest BCUT2D eigenvalue weighted by Crippen LogP contribution is -2.32. The van der Waals surface area contributed by atoms with E-state index in [0.29, 0.717) is 6.04 Å². The zero-order chi connectivity index (χ0) is 12.0. The Hall–Kier alpha value is -1.22. The fourth-order valence-electron chi connectivity index (χ4n) is 1.72. The summed E-state index contributed by atoms with van der Waals surface area (Å²) >= 11 is 0. The number of nitrogens with two attached hydrogens (primary N) is 1. The Bertz CT molecular complexity index is 295. The fraction of sp³-hybridized carbons (Fsp3) is 0.538. The van der Waals surface area contributed by atoms with Crippen LogP contribution >= 0.6 is 0 Å². The summed E-state index contributed by atoms with van der Waals surface area (Å²) in [4.78, 5) is 2.35. The highest BCUT2D eigenvalue weighted by Gasteiger charge is 2.09. The molecule has 0 heterocycles. The Morgan fingerprint density at radius 1 is 1.25 bits per heavy atom. The van der Waals surface area contributed by atoms with Gasteiger partial charge < -0.3 is 15.4 Å². The smallest absolute Gasteiger partial charge is 0.119 e. The highest BCUT2D eigenvalue weighted by molar-refractivity contribution is 5.49. The summed E-state index contributed by atoms with van der Waals surface area (Å²) in [7, 11) is 1.68. The van der Waals surface area contributed by atoms with Crippen LogP contribution < -0.4 is 15.4 Å². The van der Waals surface area contributed by atoms with Gasteiger partial charge in [0.2, 0.25) is 0 Å². The average molecular weight is 222 g/mol. The molecule has 1 aromatic carbocycles. The molecule has 0 atom stereocenters. The van der Waals surface area contributed by atoms with Gasteiger partial charge in [0.05, 0.1) is 7.11 Å². The van der Waals surface area contributed by atoms with E-state index in [1.807, 2.05) is 12.1 Å². The molecule has 0 aliphatic heterocycles. The Morgan fingerprint density at radius 3 is 2.31 bits per heavy atom. The summed E-state index contributed by atoms with van der Waals surface area (Å²) in [6, 6.07) is 8.66. The average Bonchev–Trinajstić information content (AvgIpc) is 2.30. The molecule has 1 aromatic rings. The quantitative estimate of drug-likeness (QED) is 0.802. The second kappa shape index (κ2) is 6.38. The van der Waals surface area contributed by atoms with Crippen LogP contribution in [0, 0.1) is 0 Å². The first kappa shape index (κ1) is 12.8. The third-order valence-electron chi connectivity index (χ3n) is 2.63. The van der Waals surface area contributed by atoms with Crippen LogP contribution in [0.2, 0.25) is 0 Å². The minimum atomic E-state index is 0.486. The maximum absolute atomic E-state index is 5.55. The van der Waals surface area contributed by atoms with Crippen molar-refractivity contribution in [3.05, 3.63) is 24.3 Å². The van der Waals surface area contributed by atoms with Gasteiger partial charge in [0.25, 0.3) is 0 Å². The van der Waals surface area contributed by atoms with Crippen LogP contribution in [0.1, 0.15) is 20.3 Å². The summed E-state index contributed by atoms with van der Waals surface area (Å²) < 4.78 is 5.15.